The standard InChI is InChI=1S/C20H28N2OS/c1-2-14-22(17-10-12-21-13-11-17)20(23)9-5-6-16-15-24-19-8-4-3-7-18(16)19/h3-4,7-8,15,17,21H,2,5-6,9-14H2,1H3. The van der Waals surface area contributed by atoms with Crippen molar-refractivity contribution in [3.63, 3.8) is 0 Å². The maximum atomic E-state index is 12.7. The van der Waals surface area contributed by atoms with Gasteiger partial charge in [0.25, 0.3) is 0 Å². The van der Waals surface area contributed by atoms with Gasteiger partial charge in [-0.05, 0) is 67.6 Å². The van der Waals surface area contributed by atoms with E-state index in [0.29, 0.717) is 18.4 Å². The summed E-state index contributed by atoms with van der Waals surface area (Å²) in [5.74, 6) is 0.350. The van der Waals surface area contributed by atoms with Crippen LogP contribution in [0.4, 0.5) is 0 Å². The van der Waals surface area contributed by atoms with Crippen molar-refractivity contribution in [3.05, 3.63) is 35.2 Å². The maximum absolute atomic E-state index is 12.7. The predicted molar refractivity (Wildman–Crippen MR) is 103 cm³/mol. The minimum atomic E-state index is 0.350. The lowest BCUT2D eigenvalue weighted by molar-refractivity contribution is -0.134. The van der Waals surface area contributed by atoms with Crippen LogP contribution in [0.1, 0.15) is 44.6 Å². The fraction of sp³-hybridized carbons (Fsp3) is 0.550. The number of nitrogens with zero attached hydrogens (tertiary/aromatic N) is 1. The first-order chi connectivity index (χ1) is 11.8. The molecule has 1 aliphatic rings. The molecule has 1 amide bonds. The average molecular weight is 345 g/mol. The molecule has 0 radical (unpaired) electrons. The lowest BCUT2D eigenvalue weighted by atomic mass is 10.0. The van der Waals surface area contributed by atoms with Gasteiger partial charge in [-0.15, -0.1) is 11.3 Å². The van der Waals surface area contributed by atoms with Crippen LogP contribution in [0, 0.1) is 0 Å². The molecule has 1 aromatic heterocycles. The fourth-order valence-corrected chi connectivity index (χ4v) is 4.67. The average Bonchev–Trinajstić information content (AvgIpc) is 3.03. The summed E-state index contributed by atoms with van der Waals surface area (Å²) in [5.41, 5.74) is 1.40. The van der Waals surface area contributed by atoms with Crippen molar-refractivity contribution < 1.29 is 4.79 Å². The molecular weight excluding hydrogens is 316 g/mol. The molecule has 0 bridgehead atoms. The first-order valence-corrected chi connectivity index (χ1v) is 10.1. The zero-order valence-electron chi connectivity index (χ0n) is 14.6. The monoisotopic (exact) mass is 344 g/mol. The smallest absolute Gasteiger partial charge is 0.222 e. The number of benzene rings is 1. The van der Waals surface area contributed by atoms with Gasteiger partial charge in [-0.1, -0.05) is 25.1 Å². The van der Waals surface area contributed by atoms with E-state index in [9.17, 15) is 4.79 Å². The normalized spacial score (nSPS) is 15.7. The number of hydrogen-bond acceptors (Lipinski definition) is 3. The molecule has 2 aromatic rings. The fourth-order valence-electron chi connectivity index (χ4n) is 3.67. The predicted octanol–water partition coefficient (Wildman–Crippen LogP) is 4.21. The van der Waals surface area contributed by atoms with Crippen LogP contribution in [-0.2, 0) is 11.2 Å². The molecule has 24 heavy (non-hydrogen) atoms. The summed E-state index contributed by atoms with van der Waals surface area (Å²) < 4.78 is 1.35. The van der Waals surface area contributed by atoms with Gasteiger partial charge >= 0.3 is 0 Å². The minimum absolute atomic E-state index is 0.350. The van der Waals surface area contributed by atoms with E-state index in [2.05, 4.69) is 46.8 Å². The molecule has 1 saturated heterocycles. The second-order valence-corrected chi connectivity index (χ2v) is 7.59. The lowest BCUT2D eigenvalue weighted by Crippen LogP contribution is -2.46. The molecule has 0 atom stereocenters. The summed E-state index contributed by atoms with van der Waals surface area (Å²) in [7, 11) is 0. The van der Waals surface area contributed by atoms with E-state index in [4.69, 9.17) is 0 Å². The van der Waals surface area contributed by atoms with Gasteiger partial charge in [-0.2, -0.15) is 0 Å². The summed E-state index contributed by atoms with van der Waals surface area (Å²) in [6.45, 7) is 5.15. The minimum Gasteiger partial charge on any atom is -0.340 e. The van der Waals surface area contributed by atoms with Crippen LogP contribution in [0.25, 0.3) is 10.1 Å². The zero-order valence-corrected chi connectivity index (χ0v) is 15.4. The van der Waals surface area contributed by atoms with Crippen LogP contribution in [-0.4, -0.2) is 36.5 Å². The van der Waals surface area contributed by atoms with Crippen LogP contribution in [0.2, 0.25) is 0 Å². The molecule has 1 fully saturated rings. The van der Waals surface area contributed by atoms with Crippen LogP contribution in [0.3, 0.4) is 0 Å². The Morgan fingerprint density at radius 2 is 2.08 bits per heavy atom. The summed E-state index contributed by atoms with van der Waals surface area (Å²) in [5, 5.41) is 7.01. The molecule has 3 nitrogen and oxygen atoms in total. The Balaban J connectivity index is 1.55. The molecule has 2 heterocycles. The largest absolute Gasteiger partial charge is 0.340 e. The third kappa shape index (κ3) is 4.17. The number of thiophene rings is 1. The lowest BCUT2D eigenvalue weighted by Gasteiger charge is -2.34. The molecule has 4 heteroatoms. The topological polar surface area (TPSA) is 32.3 Å². The Bertz CT molecular complexity index is 660. The van der Waals surface area contributed by atoms with Crippen molar-refractivity contribution in [2.45, 2.75) is 51.5 Å². The van der Waals surface area contributed by atoms with Crippen molar-refractivity contribution in [2.24, 2.45) is 0 Å². The Labute approximate surface area is 149 Å². The highest BCUT2D eigenvalue weighted by molar-refractivity contribution is 7.17. The highest BCUT2D eigenvalue weighted by Gasteiger charge is 2.24. The van der Waals surface area contributed by atoms with Crippen molar-refractivity contribution in [3.8, 4) is 0 Å². The molecule has 0 unspecified atom stereocenters. The van der Waals surface area contributed by atoms with Gasteiger partial charge < -0.3 is 10.2 Å². The van der Waals surface area contributed by atoms with Gasteiger partial charge in [0, 0.05) is 23.7 Å². The Hall–Kier alpha value is -1.39. The van der Waals surface area contributed by atoms with E-state index in [-0.39, 0.29) is 0 Å². The quantitative estimate of drug-likeness (QED) is 0.816. The van der Waals surface area contributed by atoms with Crippen molar-refractivity contribution >= 4 is 27.3 Å². The second-order valence-electron chi connectivity index (χ2n) is 6.68. The number of piperidine rings is 1. The molecule has 1 aromatic carbocycles. The van der Waals surface area contributed by atoms with Crippen LogP contribution in [0.15, 0.2) is 29.6 Å². The summed E-state index contributed by atoms with van der Waals surface area (Å²) in [6, 6.07) is 9.01. The molecule has 3 rings (SSSR count). The van der Waals surface area contributed by atoms with Gasteiger partial charge in [0.15, 0.2) is 0 Å². The van der Waals surface area contributed by atoms with Gasteiger partial charge in [0.2, 0.25) is 5.91 Å². The Morgan fingerprint density at radius 3 is 2.88 bits per heavy atom. The molecule has 0 saturated carbocycles. The number of fused-ring (bicyclic) bond motifs is 1. The number of hydrogen-bond donors (Lipinski definition) is 1. The van der Waals surface area contributed by atoms with E-state index < -0.39 is 0 Å². The Kier molecular flexibility index (Phi) is 6.27. The summed E-state index contributed by atoms with van der Waals surface area (Å²) >= 11 is 1.81. The first-order valence-electron chi connectivity index (χ1n) is 9.25. The van der Waals surface area contributed by atoms with E-state index in [1.807, 2.05) is 11.3 Å². The number of rotatable bonds is 7. The second kappa shape index (κ2) is 8.63. The van der Waals surface area contributed by atoms with Crippen molar-refractivity contribution in [1.29, 1.82) is 0 Å². The van der Waals surface area contributed by atoms with Gasteiger partial charge in [0.1, 0.15) is 0 Å². The van der Waals surface area contributed by atoms with Crippen LogP contribution < -0.4 is 5.32 Å². The molecule has 0 aliphatic carbocycles. The van der Waals surface area contributed by atoms with E-state index >= 15 is 0 Å². The van der Waals surface area contributed by atoms with E-state index in [0.717, 1.165) is 51.7 Å². The van der Waals surface area contributed by atoms with Crippen molar-refractivity contribution in [1.82, 2.24) is 10.2 Å². The summed E-state index contributed by atoms with van der Waals surface area (Å²) in [4.78, 5) is 14.9. The Morgan fingerprint density at radius 1 is 1.29 bits per heavy atom. The van der Waals surface area contributed by atoms with Gasteiger partial charge in [-0.25, -0.2) is 0 Å². The number of amides is 1. The number of nitrogens with one attached hydrogen (secondary N) is 1. The number of carbonyl (C=O) groups is 1. The third-order valence-corrected chi connectivity index (χ3v) is 5.94. The molecule has 1 N–H and O–H groups in total. The first kappa shape index (κ1) is 17.4. The third-order valence-electron chi connectivity index (χ3n) is 4.93. The number of carbonyl (C=O) groups excluding carboxylic acids is 1. The zero-order chi connectivity index (χ0) is 16.8. The van der Waals surface area contributed by atoms with E-state index in [1.54, 1.807) is 0 Å². The maximum Gasteiger partial charge on any atom is 0.222 e. The van der Waals surface area contributed by atoms with Crippen molar-refractivity contribution in [2.75, 3.05) is 19.6 Å². The molecular formula is C20H28N2OS. The molecule has 130 valence electrons. The number of aryl methyl sites for hydroxylation is 1. The molecule has 1 aliphatic heterocycles. The van der Waals surface area contributed by atoms with Crippen LogP contribution in [0.5, 0.6) is 0 Å². The molecule has 0 spiro atoms. The van der Waals surface area contributed by atoms with E-state index in [1.165, 1.54) is 15.6 Å². The summed E-state index contributed by atoms with van der Waals surface area (Å²) in [6.07, 6.45) is 5.87. The highest BCUT2D eigenvalue weighted by atomic mass is 32.1. The highest BCUT2D eigenvalue weighted by Crippen LogP contribution is 2.27. The SMILES string of the molecule is CCCN(C(=O)CCCc1csc2ccccc12)C1CCNCC1. The van der Waals surface area contributed by atoms with Crippen LogP contribution >= 0.6 is 11.3 Å². The van der Waals surface area contributed by atoms with Gasteiger partial charge in [-0.3, -0.25) is 4.79 Å². The van der Waals surface area contributed by atoms with Gasteiger partial charge in [0.05, 0.1) is 0 Å².